The lowest BCUT2D eigenvalue weighted by Crippen LogP contribution is -2.42. The Hall–Kier alpha value is -2.94. The van der Waals surface area contributed by atoms with Crippen molar-refractivity contribution in [3.8, 4) is 0 Å². The molecule has 174 valence electrons. The number of aryl methyl sites for hydroxylation is 1. The fraction of sp³-hybridized carbons (Fsp3) is 0.500. The molecule has 1 aromatic carbocycles. The lowest BCUT2D eigenvalue weighted by Gasteiger charge is -2.25. The highest BCUT2D eigenvalue weighted by Crippen LogP contribution is 2.31. The first-order valence-corrected chi connectivity index (χ1v) is 12.6. The van der Waals surface area contributed by atoms with Crippen LogP contribution in [0.15, 0.2) is 33.9 Å². The largest absolute Gasteiger partial charge is 0.348 e. The van der Waals surface area contributed by atoms with Crippen LogP contribution in [0.25, 0.3) is 10.3 Å². The topological polar surface area (TPSA) is 89.2 Å². The van der Waals surface area contributed by atoms with E-state index in [1.54, 1.807) is 0 Å². The van der Waals surface area contributed by atoms with Crippen LogP contribution in [0, 0.1) is 0 Å². The van der Waals surface area contributed by atoms with Crippen LogP contribution in [0.5, 0.6) is 0 Å². The number of anilines is 1. The quantitative estimate of drug-likeness (QED) is 0.602. The van der Waals surface area contributed by atoms with E-state index in [0.717, 1.165) is 49.5 Å². The maximum atomic E-state index is 13.2. The van der Waals surface area contributed by atoms with Crippen molar-refractivity contribution in [2.75, 3.05) is 18.0 Å². The number of aromatic nitrogens is 3. The lowest BCUT2D eigenvalue weighted by atomic mass is 10.1. The molecule has 1 amide bonds. The molecule has 0 radical (unpaired) electrons. The summed E-state index contributed by atoms with van der Waals surface area (Å²) < 4.78 is 3.08. The van der Waals surface area contributed by atoms with Crippen LogP contribution in [0.3, 0.4) is 0 Å². The molecule has 8 nitrogen and oxygen atoms in total. The minimum absolute atomic E-state index is 0.0548. The van der Waals surface area contributed by atoms with E-state index in [9.17, 15) is 14.4 Å². The fourth-order valence-electron chi connectivity index (χ4n) is 4.94. The van der Waals surface area contributed by atoms with Gasteiger partial charge in [-0.1, -0.05) is 42.5 Å². The van der Waals surface area contributed by atoms with Crippen molar-refractivity contribution in [3.63, 3.8) is 0 Å². The van der Waals surface area contributed by atoms with Gasteiger partial charge in [0.15, 0.2) is 10.8 Å². The van der Waals surface area contributed by atoms with Gasteiger partial charge in [-0.25, -0.2) is 9.78 Å². The molecule has 3 aromatic rings. The number of carbonyl (C=O) groups excluding carboxylic acids is 1. The van der Waals surface area contributed by atoms with Crippen LogP contribution in [-0.2, 0) is 24.3 Å². The molecule has 2 aliphatic rings. The van der Waals surface area contributed by atoms with Crippen LogP contribution < -0.4 is 21.5 Å². The number of hydrogen-bond acceptors (Lipinski definition) is 6. The van der Waals surface area contributed by atoms with Crippen molar-refractivity contribution >= 4 is 32.7 Å². The molecule has 1 aliphatic carbocycles. The Morgan fingerprint density at radius 3 is 2.73 bits per heavy atom. The number of thiazole rings is 1. The predicted molar refractivity (Wildman–Crippen MR) is 130 cm³/mol. The summed E-state index contributed by atoms with van der Waals surface area (Å²) in [5.41, 5.74) is 1.94. The number of carbonyl (C=O) groups is 1. The van der Waals surface area contributed by atoms with Gasteiger partial charge < -0.3 is 10.2 Å². The van der Waals surface area contributed by atoms with E-state index in [2.05, 4.69) is 16.3 Å². The van der Waals surface area contributed by atoms with E-state index >= 15 is 0 Å². The van der Waals surface area contributed by atoms with Gasteiger partial charge in [-0.3, -0.25) is 18.7 Å². The minimum atomic E-state index is -0.466. The highest BCUT2D eigenvalue weighted by molar-refractivity contribution is 7.22. The van der Waals surface area contributed by atoms with E-state index in [1.807, 2.05) is 25.1 Å². The molecule has 1 aliphatic heterocycles. The maximum Gasteiger partial charge on any atom is 0.333 e. The van der Waals surface area contributed by atoms with Crippen molar-refractivity contribution in [1.29, 1.82) is 0 Å². The number of piperidine rings is 1. The second kappa shape index (κ2) is 9.13. The summed E-state index contributed by atoms with van der Waals surface area (Å²) in [6, 6.07) is 8.08. The van der Waals surface area contributed by atoms with Gasteiger partial charge in [0, 0.05) is 19.6 Å². The first kappa shape index (κ1) is 21.9. The smallest absolute Gasteiger partial charge is 0.333 e. The SMILES string of the molecule is CCCn1c(=O)c2sc(N3CCCCC3)nc2n(CC(=O)N[C@H]2CCc3ccccc32)c1=O. The molecule has 1 fully saturated rings. The second-order valence-corrected chi connectivity index (χ2v) is 9.86. The lowest BCUT2D eigenvalue weighted by molar-refractivity contribution is -0.122. The zero-order chi connectivity index (χ0) is 22.9. The number of benzene rings is 1. The summed E-state index contributed by atoms with van der Waals surface area (Å²) in [6.07, 6.45) is 5.81. The second-order valence-electron chi connectivity index (χ2n) is 8.88. The Labute approximate surface area is 195 Å². The third kappa shape index (κ3) is 4.10. The van der Waals surface area contributed by atoms with Crippen molar-refractivity contribution in [1.82, 2.24) is 19.4 Å². The van der Waals surface area contributed by atoms with E-state index < -0.39 is 5.69 Å². The van der Waals surface area contributed by atoms with Crippen molar-refractivity contribution in [2.24, 2.45) is 0 Å². The average molecular weight is 468 g/mol. The molecule has 1 saturated heterocycles. The predicted octanol–water partition coefficient (Wildman–Crippen LogP) is 2.82. The van der Waals surface area contributed by atoms with Crippen LogP contribution in [-0.4, -0.2) is 33.1 Å². The van der Waals surface area contributed by atoms with Gasteiger partial charge >= 0.3 is 5.69 Å². The summed E-state index contributed by atoms with van der Waals surface area (Å²) in [6.45, 7) is 3.89. The Kier molecular flexibility index (Phi) is 6.05. The number of nitrogens with one attached hydrogen (secondary N) is 1. The molecular formula is C24H29N5O3S. The van der Waals surface area contributed by atoms with Gasteiger partial charge in [-0.2, -0.15) is 0 Å². The molecule has 33 heavy (non-hydrogen) atoms. The molecule has 0 saturated carbocycles. The van der Waals surface area contributed by atoms with Crippen molar-refractivity contribution in [3.05, 3.63) is 56.2 Å². The summed E-state index contributed by atoms with van der Waals surface area (Å²) in [5.74, 6) is -0.241. The Morgan fingerprint density at radius 1 is 1.15 bits per heavy atom. The number of rotatable bonds is 6. The minimum Gasteiger partial charge on any atom is -0.348 e. The Balaban J connectivity index is 1.49. The monoisotopic (exact) mass is 467 g/mol. The third-order valence-electron chi connectivity index (χ3n) is 6.60. The number of nitrogens with zero attached hydrogens (tertiary/aromatic N) is 4. The van der Waals surface area contributed by atoms with Crippen molar-refractivity contribution < 1.29 is 4.79 Å². The van der Waals surface area contributed by atoms with E-state index in [-0.39, 0.29) is 24.1 Å². The molecule has 0 spiro atoms. The van der Waals surface area contributed by atoms with Gasteiger partial charge in [0.1, 0.15) is 11.2 Å². The van der Waals surface area contributed by atoms with Gasteiger partial charge in [-0.05, 0) is 49.7 Å². The summed E-state index contributed by atoms with van der Waals surface area (Å²) in [4.78, 5) is 46.3. The maximum absolute atomic E-state index is 13.2. The first-order chi connectivity index (χ1) is 16.1. The zero-order valence-electron chi connectivity index (χ0n) is 18.9. The summed E-state index contributed by atoms with van der Waals surface area (Å²) >= 11 is 1.33. The zero-order valence-corrected chi connectivity index (χ0v) is 19.7. The molecule has 1 N–H and O–H groups in total. The highest BCUT2D eigenvalue weighted by atomic mass is 32.1. The average Bonchev–Trinajstić information content (AvgIpc) is 3.45. The van der Waals surface area contributed by atoms with Crippen LogP contribution in [0.2, 0.25) is 0 Å². The molecule has 2 aromatic heterocycles. The Morgan fingerprint density at radius 2 is 1.94 bits per heavy atom. The van der Waals surface area contributed by atoms with Crippen LogP contribution >= 0.6 is 11.3 Å². The van der Waals surface area contributed by atoms with E-state index in [0.29, 0.717) is 23.3 Å². The van der Waals surface area contributed by atoms with Crippen molar-refractivity contribution in [2.45, 2.75) is 64.6 Å². The number of hydrogen-bond donors (Lipinski definition) is 1. The molecule has 9 heteroatoms. The number of fused-ring (bicyclic) bond motifs is 2. The molecule has 0 bridgehead atoms. The number of amides is 1. The molecular weight excluding hydrogens is 438 g/mol. The van der Waals surface area contributed by atoms with Gasteiger partial charge in [-0.15, -0.1) is 0 Å². The van der Waals surface area contributed by atoms with Gasteiger partial charge in [0.2, 0.25) is 5.91 Å². The first-order valence-electron chi connectivity index (χ1n) is 11.8. The van der Waals surface area contributed by atoms with Crippen LogP contribution in [0.4, 0.5) is 5.13 Å². The van der Waals surface area contributed by atoms with E-state index in [4.69, 9.17) is 4.98 Å². The molecule has 5 rings (SSSR count). The van der Waals surface area contributed by atoms with Gasteiger partial charge in [0.05, 0.1) is 6.04 Å². The fourth-order valence-corrected chi connectivity index (χ4v) is 6.01. The van der Waals surface area contributed by atoms with E-state index in [1.165, 1.54) is 32.5 Å². The third-order valence-corrected chi connectivity index (χ3v) is 7.69. The highest BCUT2D eigenvalue weighted by Gasteiger charge is 2.26. The summed E-state index contributed by atoms with van der Waals surface area (Å²) in [7, 11) is 0. The molecule has 1 atom stereocenters. The van der Waals surface area contributed by atoms with Gasteiger partial charge in [0.25, 0.3) is 5.56 Å². The van der Waals surface area contributed by atoms with Crippen LogP contribution in [0.1, 0.15) is 56.2 Å². The summed E-state index contributed by atoms with van der Waals surface area (Å²) in [5, 5.41) is 3.85. The normalized spacial score (nSPS) is 18.0. The standard InChI is InChI=1S/C24H29N5O3S/c1-2-12-28-22(31)20-21(26-23(33-20)27-13-6-3-7-14-27)29(24(28)32)15-19(30)25-18-11-10-16-8-4-5-9-17(16)18/h4-5,8-9,18H,2-3,6-7,10-15H2,1H3,(H,25,30)/t18-/m0/s1. The Bertz CT molecular complexity index is 1300. The molecule has 3 heterocycles. The molecule has 0 unspecified atom stereocenters.